The predicted molar refractivity (Wildman–Crippen MR) is 148 cm³/mol. The minimum atomic E-state index is -3.18. The summed E-state index contributed by atoms with van der Waals surface area (Å²) in [4.78, 5) is 16.7. The largest absolute Gasteiger partial charge is 0.303 e. The third-order valence-corrected chi connectivity index (χ3v) is 7.75. The Labute approximate surface area is 214 Å². The number of fused-ring (bicyclic) bond motifs is 1. The fourth-order valence-corrected chi connectivity index (χ4v) is 5.55. The highest BCUT2D eigenvalue weighted by molar-refractivity contribution is 7.89. The van der Waals surface area contributed by atoms with E-state index in [-0.39, 0.29) is 24.7 Å². The van der Waals surface area contributed by atoms with Crippen LogP contribution in [0.4, 0.5) is 0 Å². The van der Waals surface area contributed by atoms with E-state index in [9.17, 15) is 13.2 Å². The first kappa shape index (κ1) is 28.7. The van der Waals surface area contributed by atoms with E-state index in [1.54, 1.807) is 18.5 Å². The minimum Gasteiger partial charge on any atom is -0.303 e. The lowest BCUT2D eigenvalue weighted by Crippen LogP contribution is -2.25. The topological polar surface area (TPSA) is 96.1 Å². The summed E-state index contributed by atoms with van der Waals surface area (Å²) in [5.74, 6) is 2.36. The van der Waals surface area contributed by atoms with Crippen LogP contribution in [-0.2, 0) is 21.4 Å². The van der Waals surface area contributed by atoms with Crippen LogP contribution in [-0.4, -0.2) is 46.1 Å². The molecule has 2 aromatic rings. The molecule has 1 aromatic carbocycles. The van der Waals surface area contributed by atoms with Gasteiger partial charge in [-0.3, -0.25) is 10.2 Å². The Bertz CT molecular complexity index is 1430. The molecule has 36 heavy (non-hydrogen) atoms. The number of hydrogen-bond acceptors (Lipinski definition) is 5. The van der Waals surface area contributed by atoms with Crippen molar-refractivity contribution in [2.24, 2.45) is 0 Å². The molecule has 2 heterocycles. The van der Waals surface area contributed by atoms with Crippen LogP contribution in [0, 0.1) is 17.8 Å². The first-order valence-corrected chi connectivity index (χ1v) is 12.9. The van der Waals surface area contributed by atoms with E-state index < -0.39 is 10.0 Å². The van der Waals surface area contributed by atoms with E-state index in [0.717, 1.165) is 27.9 Å². The van der Waals surface area contributed by atoms with Crippen LogP contribution >= 0.6 is 0 Å². The summed E-state index contributed by atoms with van der Waals surface area (Å²) in [5, 5.41) is 7.61. The summed E-state index contributed by atoms with van der Waals surface area (Å²) in [6.45, 7) is 10.2. The average molecular weight is 507 g/mol. The molecule has 0 spiro atoms. The van der Waals surface area contributed by atoms with Crippen LogP contribution in [0.1, 0.15) is 46.6 Å². The lowest BCUT2D eigenvalue weighted by Gasteiger charge is -2.14. The monoisotopic (exact) mass is 506 g/mol. The number of sulfonamides is 1. The third-order valence-electron chi connectivity index (χ3n) is 5.84. The summed E-state index contributed by atoms with van der Waals surface area (Å²) in [6, 6.07) is 5.75. The van der Waals surface area contributed by atoms with E-state index in [4.69, 9.17) is 11.8 Å². The lowest BCUT2D eigenvalue weighted by atomic mass is 9.96. The highest BCUT2D eigenvalue weighted by Crippen LogP contribution is 2.23. The Balaban J connectivity index is 0.00000456. The quantitative estimate of drug-likeness (QED) is 0.221. The van der Waals surface area contributed by atoms with E-state index in [2.05, 4.69) is 17.5 Å². The molecule has 1 N–H and O–H groups in total. The van der Waals surface area contributed by atoms with Gasteiger partial charge in [0.25, 0.3) is 0 Å². The number of aromatic nitrogens is 2. The van der Waals surface area contributed by atoms with E-state index in [0.29, 0.717) is 37.1 Å². The zero-order valence-electron chi connectivity index (χ0n) is 20.3. The number of ketones is 1. The number of benzene rings is 1. The molecule has 0 unspecified atom stereocenters. The predicted octanol–water partition coefficient (Wildman–Crippen LogP) is 5.13. The molecule has 0 aliphatic carbocycles. The molecule has 0 saturated carbocycles. The number of nitrogens with zero attached hydrogens (tertiary/aromatic N) is 3. The fraction of sp³-hybridized carbons (Fsp3) is 0.321. The first-order valence-electron chi connectivity index (χ1n) is 11.3. The first-order chi connectivity index (χ1) is 16.5. The van der Waals surface area contributed by atoms with E-state index >= 15 is 0 Å². The molecule has 0 atom stereocenters. The van der Waals surface area contributed by atoms with Gasteiger partial charge in [0.2, 0.25) is 10.0 Å². The molecule has 3 rings (SSSR count). The summed E-state index contributed by atoms with van der Waals surface area (Å²) < 4.78 is 27.8. The van der Waals surface area contributed by atoms with Crippen LogP contribution in [0.25, 0.3) is 16.7 Å². The van der Waals surface area contributed by atoms with Crippen molar-refractivity contribution in [1.82, 2.24) is 13.9 Å². The van der Waals surface area contributed by atoms with Crippen molar-refractivity contribution in [3.63, 3.8) is 0 Å². The summed E-state index contributed by atoms with van der Waals surface area (Å²) in [5.41, 5.74) is 5.45. The molecule has 1 aliphatic rings. The Hall–Kier alpha value is -3.54. The number of nitrogens with one attached hydrogen (secondary N) is 1. The minimum absolute atomic E-state index is 0. The van der Waals surface area contributed by atoms with Gasteiger partial charge in [-0.2, -0.15) is 4.31 Å². The van der Waals surface area contributed by atoms with Gasteiger partial charge in [0.05, 0.1) is 16.8 Å². The van der Waals surface area contributed by atoms with Gasteiger partial charge in [-0.05, 0) is 75.1 Å². The number of hydrogen-bond donors (Lipinski definition) is 1. The molecule has 7 nitrogen and oxygen atoms in total. The fourth-order valence-electron chi connectivity index (χ4n) is 4.04. The number of terminal acetylenes is 1. The van der Waals surface area contributed by atoms with Gasteiger partial charge < -0.3 is 4.57 Å². The highest BCUT2D eigenvalue weighted by Gasteiger charge is 2.28. The molecule has 1 aromatic heterocycles. The second-order valence-electron chi connectivity index (χ2n) is 8.71. The summed E-state index contributed by atoms with van der Waals surface area (Å²) in [6.07, 6.45) is 13.2. The van der Waals surface area contributed by atoms with Gasteiger partial charge in [-0.25, -0.2) is 13.4 Å². The number of allylic oxidation sites excluding steroid dienone is 7. The van der Waals surface area contributed by atoms with Crippen molar-refractivity contribution in [2.75, 3.05) is 12.3 Å². The Morgan fingerprint density at radius 1 is 1.28 bits per heavy atom. The number of carbonyl (C=O) groups is 1. The summed E-state index contributed by atoms with van der Waals surface area (Å²) >= 11 is 0. The molecule has 190 valence electrons. The highest BCUT2D eigenvalue weighted by atomic mass is 32.2. The molecule has 0 bridgehead atoms. The molecule has 1 fully saturated rings. The molecular formula is C28H34N4O3S. The van der Waals surface area contributed by atoms with Crippen molar-refractivity contribution in [3.8, 4) is 12.3 Å². The van der Waals surface area contributed by atoms with Gasteiger partial charge in [0.1, 0.15) is 12.0 Å². The van der Waals surface area contributed by atoms with Crippen LogP contribution in [0.3, 0.4) is 0 Å². The van der Waals surface area contributed by atoms with Crippen molar-refractivity contribution in [3.05, 3.63) is 71.6 Å². The molecule has 1 saturated heterocycles. The van der Waals surface area contributed by atoms with Crippen LogP contribution in [0.5, 0.6) is 0 Å². The lowest BCUT2D eigenvalue weighted by molar-refractivity contribution is -0.113. The molecular weight excluding hydrogens is 472 g/mol. The smallest absolute Gasteiger partial charge is 0.214 e. The number of rotatable bonds is 9. The van der Waals surface area contributed by atoms with Gasteiger partial charge in [-0.1, -0.05) is 31.6 Å². The van der Waals surface area contributed by atoms with Crippen molar-refractivity contribution in [2.45, 2.75) is 47.6 Å². The van der Waals surface area contributed by atoms with E-state index in [1.807, 2.05) is 42.7 Å². The zero-order chi connectivity index (χ0) is 25.8. The van der Waals surface area contributed by atoms with Gasteiger partial charge in [0.15, 0.2) is 5.78 Å². The number of Topliss-reactive ketones (excluding diaryl/α,β-unsaturated/α-hetero) is 1. The maximum absolute atomic E-state index is 12.3. The van der Waals surface area contributed by atoms with Crippen molar-refractivity contribution < 1.29 is 13.2 Å². The number of carbonyl (C=O) groups excluding carboxylic acids is 1. The average Bonchev–Trinajstić information content (AvgIpc) is 3.35. The number of imidazole rings is 1. The zero-order valence-corrected chi connectivity index (χ0v) is 21.2. The van der Waals surface area contributed by atoms with Crippen molar-refractivity contribution >= 4 is 38.2 Å². The molecule has 0 radical (unpaired) electrons. The van der Waals surface area contributed by atoms with Gasteiger partial charge in [-0.15, -0.1) is 6.42 Å². The maximum Gasteiger partial charge on any atom is 0.214 e. The molecule has 0 amide bonds. The summed E-state index contributed by atoms with van der Waals surface area (Å²) in [7, 11) is -3.18. The second kappa shape index (κ2) is 11.9. The normalized spacial score (nSPS) is 16.4. The maximum atomic E-state index is 12.3. The van der Waals surface area contributed by atoms with Gasteiger partial charge >= 0.3 is 0 Å². The van der Waals surface area contributed by atoms with Crippen LogP contribution in [0.15, 0.2) is 66.1 Å². The van der Waals surface area contributed by atoms with Crippen LogP contribution in [0.2, 0.25) is 0 Å². The Morgan fingerprint density at radius 2 is 2.00 bits per heavy atom. The van der Waals surface area contributed by atoms with Crippen molar-refractivity contribution in [1.29, 1.82) is 5.41 Å². The second-order valence-corrected chi connectivity index (χ2v) is 10.8. The SMILES string of the molecule is C.C#CC(=N)/C=C(/C)CC(=C)/C(=C\C=C(/C)n1cnc2ccc(CN3CCCS3(=O)=O)cc21)C(C)=O. The standard InChI is InChI=1S/C27H30N4O3S.CH4/c1-6-24(28)15-19(2)14-20(3)25(22(5)32)10-8-21(4)31-18-29-26-11-9-23(16-27(26)31)17-30-12-7-13-35(30,33)34;/h1,8-11,15-16,18,28H,3,7,12-14,17H2,2,4-5H3;1H4/b19-15-,21-8+,25-10+,28-24?;. The van der Waals surface area contributed by atoms with Crippen LogP contribution < -0.4 is 0 Å². The Morgan fingerprint density at radius 3 is 2.61 bits per heavy atom. The van der Waals surface area contributed by atoms with E-state index in [1.165, 1.54) is 11.2 Å². The Kier molecular flexibility index (Phi) is 9.51. The molecule has 1 aliphatic heterocycles. The molecule has 8 heteroatoms. The third kappa shape index (κ3) is 6.78. The van der Waals surface area contributed by atoms with Gasteiger partial charge in [0, 0.05) is 24.4 Å².